The van der Waals surface area contributed by atoms with Gasteiger partial charge in [-0.1, -0.05) is 12.1 Å². The van der Waals surface area contributed by atoms with Gasteiger partial charge < -0.3 is 31.0 Å². The Balaban J connectivity index is 1.77. The van der Waals surface area contributed by atoms with E-state index in [4.69, 9.17) is 15.6 Å². The Hall–Kier alpha value is -3.13. The molecule has 160 valence electrons. The van der Waals surface area contributed by atoms with Gasteiger partial charge in [0.1, 0.15) is 5.84 Å². The van der Waals surface area contributed by atoms with Crippen molar-refractivity contribution < 1.29 is 9.53 Å². The zero-order valence-electron chi connectivity index (χ0n) is 17.5. The molecule has 1 saturated heterocycles. The molecule has 5 N–H and O–H groups in total. The Morgan fingerprint density at radius 3 is 2.67 bits per heavy atom. The van der Waals surface area contributed by atoms with Crippen LogP contribution in [0.25, 0.3) is 5.57 Å². The van der Waals surface area contributed by atoms with Crippen molar-refractivity contribution in [2.75, 3.05) is 38.7 Å². The first-order valence-corrected chi connectivity index (χ1v) is 10.2. The third kappa shape index (κ3) is 5.27. The van der Waals surface area contributed by atoms with Crippen LogP contribution in [0.3, 0.4) is 0 Å². The number of carbonyl (C=O) groups excluding carboxylic acids is 1. The molecule has 1 unspecified atom stereocenters. The summed E-state index contributed by atoms with van der Waals surface area (Å²) in [4.78, 5) is 13.7. The minimum Gasteiger partial charge on any atom is -0.393 e. The summed E-state index contributed by atoms with van der Waals surface area (Å²) in [6.45, 7) is 4.06. The summed E-state index contributed by atoms with van der Waals surface area (Å²) in [5, 5.41) is 25.8. The van der Waals surface area contributed by atoms with Gasteiger partial charge >= 0.3 is 0 Å². The predicted octanol–water partition coefficient (Wildman–Crippen LogP) is 2.17. The summed E-state index contributed by atoms with van der Waals surface area (Å²) in [5.41, 5.74) is 4.30. The van der Waals surface area contributed by atoms with Crippen LogP contribution in [-0.2, 0) is 9.53 Å². The van der Waals surface area contributed by atoms with Crippen molar-refractivity contribution in [3.05, 3.63) is 47.3 Å². The summed E-state index contributed by atoms with van der Waals surface area (Å²) in [6, 6.07) is 7.86. The van der Waals surface area contributed by atoms with E-state index < -0.39 is 0 Å². The number of nitrogens with one attached hydrogen (secondary N) is 5. The molecule has 1 amide bonds. The van der Waals surface area contributed by atoms with Crippen LogP contribution in [0.5, 0.6) is 0 Å². The van der Waals surface area contributed by atoms with Crippen LogP contribution in [0.4, 0.5) is 5.69 Å². The van der Waals surface area contributed by atoms with Crippen LogP contribution >= 0.6 is 0 Å². The van der Waals surface area contributed by atoms with Gasteiger partial charge in [0.05, 0.1) is 19.2 Å². The molecule has 0 bridgehead atoms. The van der Waals surface area contributed by atoms with Crippen molar-refractivity contribution in [1.82, 2.24) is 15.5 Å². The van der Waals surface area contributed by atoms with E-state index >= 15 is 0 Å². The molecule has 0 saturated carbocycles. The number of benzene rings is 1. The van der Waals surface area contributed by atoms with Gasteiger partial charge in [-0.15, -0.1) is 0 Å². The molecule has 30 heavy (non-hydrogen) atoms. The number of nitrogens with zero attached hydrogens (tertiary/aromatic N) is 1. The molecule has 2 heterocycles. The van der Waals surface area contributed by atoms with Crippen molar-refractivity contribution in [2.45, 2.75) is 25.8 Å². The molecule has 8 heteroatoms. The zero-order valence-corrected chi connectivity index (χ0v) is 17.5. The van der Waals surface area contributed by atoms with Crippen molar-refractivity contribution >= 4 is 29.2 Å². The Morgan fingerprint density at radius 1 is 1.30 bits per heavy atom. The molecular formula is C22H30N6O2. The maximum atomic E-state index is 11.9. The molecule has 1 fully saturated rings. The van der Waals surface area contributed by atoms with Crippen LogP contribution in [0.1, 0.15) is 25.3 Å². The van der Waals surface area contributed by atoms with Crippen LogP contribution in [0.2, 0.25) is 0 Å². The van der Waals surface area contributed by atoms with E-state index in [2.05, 4.69) is 16.0 Å². The lowest BCUT2D eigenvalue weighted by atomic mass is 10.0. The summed E-state index contributed by atoms with van der Waals surface area (Å²) in [7, 11) is 1.80. The van der Waals surface area contributed by atoms with E-state index in [1.807, 2.05) is 24.3 Å². The van der Waals surface area contributed by atoms with E-state index in [-0.39, 0.29) is 17.8 Å². The molecule has 0 radical (unpaired) electrons. The number of carbonyl (C=O) groups is 1. The van der Waals surface area contributed by atoms with Gasteiger partial charge in [-0.05, 0) is 24.1 Å². The van der Waals surface area contributed by atoms with E-state index in [0.717, 1.165) is 41.1 Å². The second kappa shape index (κ2) is 10.1. The molecule has 0 aliphatic carbocycles. The Kier molecular flexibility index (Phi) is 7.24. The summed E-state index contributed by atoms with van der Waals surface area (Å²) in [6.07, 6.45) is 4.72. The second-order valence-corrected chi connectivity index (χ2v) is 7.46. The SMILES string of the molecule is CN/C=C(\C=N)c1ccc(NC(=N)C2=C(NC3CCOC3)CCN(C(C)=O)C2)cc1. The molecule has 0 aromatic heterocycles. The Labute approximate surface area is 177 Å². The lowest BCUT2D eigenvalue weighted by Gasteiger charge is -2.32. The van der Waals surface area contributed by atoms with E-state index in [9.17, 15) is 4.79 Å². The fourth-order valence-corrected chi connectivity index (χ4v) is 3.65. The van der Waals surface area contributed by atoms with Gasteiger partial charge in [-0.25, -0.2) is 0 Å². The van der Waals surface area contributed by atoms with Crippen molar-refractivity contribution in [3.8, 4) is 0 Å². The topological polar surface area (TPSA) is 113 Å². The Bertz CT molecular complexity index is 853. The van der Waals surface area contributed by atoms with Crippen molar-refractivity contribution in [3.63, 3.8) is 0 Å². The molecule has 3 rings (SSSR count). The van der Waals surface area contributed by atoms with Gasteiger partial charge in [-0.3, -0.25) is 10.2 Å². The first-order valence-electron chi connectivity index (χ1n) is 10.2. The number of hydrogen-bond donors (Lipinski definition) is 5. The minimum atomic E-state index is 0.0170. The summed E-state index contributed by atoms with van der Waals surface area (Å²) < 4.78 is 5.46. The number of rotatable bonds is 7. The fourth-order valence-electron chi connectivity index (χ4n) is 3.65. The maximum Gasteiger partial charge on any atom is 0.219 e. The largest absolute Gasteiger partial charge is 0.393 e. The molecule has 1 aromatic carbocycles. The van der Waals surface area contributed by atoms with Crippen molar-refractivity contribution in [1.29, 1.82) is 10.8 Å². The highest BCUT2D eigenvalue weighted by atomic mass is 16.5. The predicted molar refractivity (Wildman–Crippen MR) is 120 cm³/mol. The highest BCUT2D eigenvalue weighted by Gasteiger charge is 2.26. The molecule has 2 aliphatic rings. The standard InChI is InChI=1S/C22H30N6O2/c1-15(29)28-9-7-21(26-19-8-10-30-14-19)20(13-28)22(24)27-18-5-3-16(4-6-18)17(11-23)12-25-2/h3-6,11-12,19,23,25-26H,7-10,13-14H2,1-2H3,(H2,24,27)/b17-12+,23-11?. The number of hydrogen-bond acceptors (Lipinski definition) is 6. The summed E-state index contributed by atoms with van der Waals surface area (Å²) >= 11 is 0. The van der Waals surface area contributed by atoms with E-state index in [0.29, 0.717) is 26.1 Å². The summed E-state index contributed by atoms with van der Waals surface area (Å²) in [5.74, 6) is 0.302. The van der Waals surface area contributed by atoms with Crippen LogP contribution < -0.4 is 16.0 Å². The average molecular weight is 411 g/mol. The zero-order chi connectivity index (χ0) is 21.5. The monoisotopic (exact) mass is 410 g/mol. The molecular weight excluding hydrogens is 380 g/mol. The first kappa shape index (κ1) is 21.6. The van der Waals surface area contributed by atoms with Crippen LogP contribution in [0.15, 0.2) is 41.7 Å². The normalized spacial score (nSPS) is 19.5. The molecule has 8 nitrogen and oxygen atoms in total. The van der Waals surface area contributed by atoms with Gasteiger partial charge in [0.2, 0.25) is 5.91 Å². The first-order chi connectivity index (χ1) is 14.5. The van der Waals surface area contributed by atoms with Gasteiger partial charge in [0, 0.05) is 68.5 Å². The maximum absolute atomic E-state index is 11.9. The lowest BCUT2D eigenvalue weighted by molar-refractivity contribution is -0.128. The molecule has 0 spiro atoms. The number of allylic oxidation sites excluding steroid dienone is 1. The third-order valence-corrected chi connectivity index (χ3v) is 5.34. The number of amides is 1. The van der Waals surface area contributed by atoms with E-state index in [1.54, 1.807) is 25.1 Å². The number of anilines is 1. The van der Waals surface area contributed by atoms with Crippen molar-refractivity contribution in [2.24, 2.45) is 0 Å². The third-order valence-electron chi connectivity index (χ3n) is 5.34. The van der Waals surface area contributed by atoms with Crippen LogP contribution in [0, 0.1) is 10.8 Å². The van der Waals surface area contributed by atoms with Gasteiger partial charge in [-0.2, -0.15) is 0 Å². The lowest BCUT2D eigenvalue weighted by Crippen LogP contribution is -2.42. The fraction of sp³-hybridized carbons (Fsp3) is 0.409. The Morgan fingerprint density at radius 2 is 2.07 bits per heavy atom. The molecule has 2 aliphatic heterocycles. The second-order valence-electron chi connectivity index (χ2n) is 7.46. The number of ether oxygens (including phenoxy) is 1. The average Bonchev–Trinajstić information content (AvgIpc) is 3.26. The van der Waals surface area contributed by atoms with Gasteiger partial charge in [0.25, 0.3) is 0 Å². The number of amidine groups is 1. The minimum absolute atomic E-state index is 0.0170. The van der Waals surface area contributed by atoms with E-state index in [1.165, 1.54) is 6.21 Å². The quantitative estimate of drug-likeness (QED) is 0.349. The highest BCUT2D eigenvalue weighted by molar-refractivity contribution is 6.09. The highest BCUT2D eigenvalue weighted by Crippen LogP contribution is 2.21. The molecule has 1 atom stereocenters. The van der Waals surface area contributed by atoms with Crippen LogP contribution in [-0.4, -0.2) is 62.3 Å². The molecule has 1 aromatic rings. The van der Waals surface area contributed by atoms with Gasteiger partial charge in [0.15, 0.2) is 0 Å². The smallest absolute Gasteiger partial charge is 0.219 e.